The van der Waals surface area contributed by atoms with Gasteiger partial charge in [0.15, 0.2) is 0 Å². The maximum absolute atomic E-state index is 12.2. The fourth-order valence-electron chi connectivity index (χ4n) is 3.06. The molecule has 0 aromatic heterocycles. The highest BCUT2D eigenvalue weighted by molar-refractivity contribution is 7.87. The van der Waals surface area contributed by atoms with Gasteiger partial charge in [0.05, 0.1) is 6.54 Å². The standard InChI is InChI=1S/C14H27N3O3S/c18-14(16-13-8-4-3-5-9-13)12-15-21(19,20)17-10-6-1-2-7-11-17/h13,15H,1-12H2,(H,16,18). The van der Waals surface area contributed by atoms with Crippen molar-refractivity contribution in [3.8, 4) is 0 Å². The molecule has 0 bridgehead atoms. The van der Waals surface area contributed by atoms with Crippen LogP contribution in [0, 0.1) is 0 Å². The normalized spacial score (nSPS) is 22.7. The van der Waals surface area contributed by atoms with Crippen LogP contribution < -0.4 is 10.0 Å². The van der Waals surface area contributed by atoms with E-state index in [-0.39, 0.29) is 18.5 Å². The van der Waals surface area contributed by atoms with Crippen molar-refractivity contribution in [2.24, 2.45) is 0 Å². The quantitative estimate of drug-likeness (QED) is 0.798. The molecule has 21 heavy (non-hydrogen) atoms. The molecule has 6 nitrogen and oxygen atoms in total. The van der Waals surface area contributed by atoms with Crippen molar-refractivity contribution in [2.45, 2.75) is 63.8 Å². The Morgan fingerprint density at radius 2 is 1.52 bits per heavy atom. The van der Waals surface area contributed by atoms with Crippen LogP contribution in [0.3, 0.4) is 0 Å². The predicted molar refractivity (Wildman–Crippen MR) is 82.0 cm³/mol. The van der Waals surface area contributed by atoms with Gasteiger partial charge in [-0.15, -0.1) is 0 Å². The summed E-state index contributed by atoms with van der Waals surface area (Å²) >= 11 is 0. The molecular weight excluding hydrogens is 290 g/mol. The lowest BCUT2D eigenvalue weighted by atomic mass is 9.95. The van der Waals surface area contributed by atoms with Gasteiger partial charge < -0.3 is 5.32 Å². The van der Waals surface area contributed by atoms with Crippen molar-refractivity contribution in [3.05, 3.63) is 0 Å². The first kappa shape index (κ1) is 16.7. The molecule has 0 atom stereocenters. The first-order valence-corrected chi connectivity index (χ1v) is 9.56. The van der Waals surface area contributed by atoms with E-state index in [4.69, 9.17) is 0 Å². The molecule has 2 aliphatic rings. The average molecular weight is 317 g/mol. The van der Waals surface area contributed by atoms with Crippen LogP contribution in [0.2, 0.25) is 0 Å². The molecule has 0 aromatic rings. The van der Waals surface area contributed by atoms with Crippen LogP contribution in [0.15, 0.2) is 0 Å². The Balaban J connectivity index is 1.75. The van der Waals surface area contributed by atoms with E-state index in [2.05, 4.69) is 10.0 Å². The summed E-state index contributed by atoms with van der Waals surface area (Å²) in [4.78, 5) is 11.9. The number of carbonyl (C=O) groups excluding carboxylic acids is 1. The zero-order chi connectivity index (χ0) is 15.1. The van der Waals surface area contributed by atoms with Gasteiger partial charge in [0, 0.05) is 19.1 Å². The summed E-state index contributed by atoms with van der Waals surface area (Å²) in [6.45, 7) is 0.953. The van der Waals surface area contributed by atoms with Crippen molar-refractivity contribution < 1.29 is 13.2 Å². The van der Waals surface area contributed by atoms with Crippen molar-refractivity contribution in [2.75, 3.05) is 19.6 Å². The van der Waals surface area contributed by atoms with Gasteiger partial charge >= 0.3 is 0 Å². The van der Waals surface area contributed by atoms with Gasteiger partial charge in [0.25, 0.3) is 10.2 Å². The number of carbonyl (C=O) groups is 1. The number of hydrogen-bond donors (Lipinski definition) is 2. The molecule has 0 radical (unpaired) electrons. The highest BCUT2D eigenvalue weighted by atomic mass is 32.2. The summed E-state index contributed by atoms with van der Waals surface area (Å²) < 4.78 is 28.2. The number of hydrogen-bond acceptors (Lipinski definition) is 3. The molecule has 1 heterocycles. The Bertz CT molecular complexity index is 425. The first-order chi connectivity index (χ1) is 10.1. The summed E-state index contributed by atoms with van der Waals surface area (Å²) in [7, 11) is -3.52. The molecule has 1 aliphatic carbocycles. The number of amides is 1. The highest BCUT2D eigenvalue weighted by Crippen LogP contribution is 2.17. The van der Waals surface area contributed by atoms with E-state index in [0.29, 0.717) is 13.1 Å². The van der Waals surface area contributed by atoms with Crippen molar-refractivity contribution >= 4 is 16.1 Å². The Labute approximate surface area is 127 Å². The Morgan fingerprint density at radius 1 is 0.952 bits per heavy atom. The van der Waals surface area contributed by atoms with E-state index in [1.165, 1.54) is 10.7 Å². The Morgan fingerprint density at radius 3 is 2.14 bits per heavy atom. The van der Waals surface area contributed by atoms with Crippen LogP contribution in [0.5, 0.6) is 0 Å². The zero-order valence-corrected chi connectivity index (χ0v) is 13.5. The van der Waals surface area contributed by atoms with E-state index in [9.17, 15) is 13.2 Å². The molecule has 1 saturated heterocycles. The molecule has 2 fully saturated rings. The van der Waals surface area contributed by atoms with Crippen LogP contribution in [0.25, 0.3) is 0 Å². The van der Waals surface area contributed by atoms with Gasteiger partial charge in [0.2, 0.25) is 5.91 Å². The fraction of sp³-hybridized carbons (Fsp3) is 0.929. The molecule has 0 spiro atoms. The minimum Gasteiger partial charge on any atom is -0.352 e. The summed E-state index contributed by atoms with van der Waals surface area (Å²) in [5.74, 6) is -0.222. The van der Waals surface area contributed by atoms with Crippen LogP contribution in [0.4, 0.5) is 0 Å². The molecule has 0 aromatic carbocycles. The van der Waals surface area contributed by atoms with Crippen molar-refractivity contribution in [1.29, 1.82) is 0 Å². The highest BCUT2D eigenvalue weighted by Gasteiger charge is 2.24. The largest absolute Gasteiger partial charge is 0.352 e. The van der Waals surface area contributed by atoms with Gasteiger partial charge in [-0.1, -0.05) is 32.1 Å². The van der Waals surface area contributed by atoms with Gasteiger partial charge in [-0.25, -0.2) is 0 Å². The van der Waals surface area contributed by atoms with Gasteiger partial charge in [-0.3, -0.25) is 4.79 Å². The lowest BCUT2D eigenvalue weighted by molar-refractivity contribution is -0.120. The Hall–Kier alpha value is -0.660. The van der Waals surface area contributed by atoms with E-state index in [1.54, 1.807) is 0 Å². The number of nitrogens with one attached hydrogen (secondary N) is 2. The SMILES string of the molecule is O=C(CNS(=O)(=O)N1CCCCCC1)NC1CCCCC1. The summed E-state index contributed by atoms with van der Waals surface area (Å²) in [6.07, 6.45) is 9.48. The average Bonchev–Trinajstić information content (AvgIpc) is 2.76. The van der Waals surface area contributed by atoms with Crippen LogP contribution >= 0.6 is 0 Å². The maximum atomic E-state index is 12.2. The van der Waals surface area contributed by atoms with E-state index in [1.807, 2.05) is 0 Å². The van der Waals surface area contributed by atoms with Gasteiger partial charge in [0.1, 0.15) is 0 Å². The third kappa shape index (κ3) is 5.56. The molecule has 0 unspecified atom stereocenters. The third-order valence-corrected chi connectivity index (χ3v) is 5.84. The first-order valence-electron chi connectivity index (χ1n) is 8.12. The zero-order valence-electron chi connectivity index (χ0n) is 12.6. The van der Waals surface area contributed by atoms with Gasteiger partial charge in [-0.2, -0.15) is 17.4 Å². The van der Waals surface area contributed by atoms with E-state index < -0.39 is 10.2 Å². The molecule has 1 amide bonds. The second-order valence-electron chi connectivity index (χ2n) is 6.04. The lowest BCUT2D eigenvalue weighted by Crippen LogP contribution is -2.47. The minimum absolute atomic E-state index is 0.157. The predicted octanol–water partition coefficient (Wildman–Crippen LogP) is 1.15. The molecule has 2 N–H and O–H groups in total. The monoisotopic (exact) mass is 317 g/mol. The van der Waals surface area contributed by atoms with E-state index >= 15 is 0 Å². The third-order valence-electron chi connectivity index (χ3n) is 4.29. The van der Waals surface area contributed by atoms with Crippen LogP contribution in [-0.2, 0) is 15.0 Å². The summed E-state index contributed by atoms with van der Waals surface area (Å²) in [5, 5.41) is 2.92. The number of nitrogens with zero attached hydrogens (tertiary/aromatic N) is 1. The van der Waals surface area contributed by atoms with E-state index in [0.717, 1.165) is 51.4 Å². The fourth-order valence-corrected chi connectivity index (χ4v) is 4.29. The molecule has 7 heteroatoms. The second-order valence-corrected chi connectivity index (χ2v) is 7.80. The smallest absolute Gasteiger partial charge is 0.279 e. The molecule has 2 rings (SSSR count). The lowest BCUT2D eigenvalue weighted by Gasteiger charge is -2.23. The van der Waals surface area contributed by atoms with Crippen LogP contribution in [0.1, 0.15) is 57.8 Å². The minimum atomic E-state index is -3.52. The molecule has 1 saturated carbocycles. The second kappa shape index (κ2) is 8.10. The van der Waals surface area contributed by atoms with Crippen molar-refractivity contribution in [3.63, 3.8) is 0 Å². The molecule has 1 aliphatic heterocycles. The molecule has 122 valence electrons. The summed E-state index contributed by atoms with van der Waals surface area (Å²) in [5.41, 5.74) is 0. The van der Waals surface area contributed by atoms with Crippen LogP contribution in [-0.4, -0.2) is 44.3 Å². The topological polar surface area (TPSA) is 78.5 Å². The van der Waals surface area contributed by atoms with Gasteiger partial charge in [-0.05, 0) is 25.7 Å². The Kier molecular flexibility index (Phi) is 6.44. The van der Waals surface area contributed by atoms with Crippen molar-refractivity contribution in [1.82, 2.24) is 14.3 Å². The number of rotatable bonds is 5. The maximum Gasteiger partial charge on any atom is 0.279 e. The summed E-state index contributed by atoms with van der Waals surface area (Å²) in [6, 6.07) is 0.217. The molecular formula is C14H27N3O3S.